The van der Waals surface area contributed by atoms with E-state index in [1.165, 1.54) is 27.8 Å². The molecule has 1 aliphatic heterocycles. The first-order chi connectivity index (χ1) is 13.7. The zero-order valence-electron chi connectivity index (χ0n) is 15.3. The summed E-state index contributed by atoms with van der Waals surface area (Å²) < 4.78 is 17.6. The summed E-state index contributed by atoms with van der Waals surface area (Å²) in [7, 11) is 0. The SMILES string of the molecule is Cc1c(-c2cc3ccc2o3)cc(-c2cc3oc2CC3)cc1-c1cc2ccc1o2. The third-order valence-corrected chi connectivity index (χ3v) is 6.12. The standard InChI is InChI=1S/C25H16O3/c1-13-18(21-11-16-3-6-24(21)27-16)8-14(20-10-15-2-5-23(20)26-15)9-19(13)22-12-17-4-7-25(22)28-17/h3-4,6-12H,2,5H2,1H3. The molecule has 0 aliphatic carbocycles. The van der Waals surface area contributed by atoms with Crippen molar-refractivity contribution in [3.63, 3.8) is 0 Å². The summed E-state index contributed by atoms with van der Waals surface area (Å²) in [6, 6.07) is 19.1. The lowest BCUT2D eigenvalue weighted by Gasteiger charge is -2.14. The van der Waals surface area contributed by atoms with E-state index in [-0.39, 0.29) is 0 Å². The zero-order valence-corrected chi connectivity index (χ0v) is 15.3. The molecular weight excluding hydrogens is 348 g/mol. The fraction of sp³-hybridized carbons (Fsp3) is 0.120. The van der Waals surface area contributed by atoms with Gasteiger partial charge in [0.15, 0.2) is 0 Å². The molecule has 0 N–H and O–H groups in total. The molecule has 1 aromatic carbocycles. The molecule has 0 unspecified atom stereocenters. The van der Waals surface area contributed by atoms with Crippen molar-refractivity contribution in [3.8, 4) is 33.4 Å². The quantitative estimate of drug-likeness (QED) is 0.337. The summed E-state index contributed by atoms with van der Waals surface area (Å²) in [5, 5.41) is 0. The van der Waals surface area contributed by atoms with Crippen LogP contribution in [-0.2, 0) is 12.8 Å². The lowest BCUT2D eigenvalue weighted by molar-refractivity contribution is 0.537. The van der Waals surface area contributed by atoms with Gasteiger partial charge >= 0.3 is 0 Å². The van der Waals surface area contributed by atoms with Crippen LogP contribution in [-0.4, -0.2) is 0 Å². The molecule has 6 aromatic rings. The molecule has 6 bridgehead atoms. The second-order valence-electron chi connectivity index (χ2n) is 7.77. The van der Waals surface area contributed by atoms with Gasteiger partial charge in [-0.25, -0.2) is 0 Å². The highest BCUT2D eigenvalue weighted by atomic mass is 16.3. The summed E-state index contributed by atoms with van der Waals surface area (Å²) in [5.41, 5.74) is 12.0. The number of benzene rings is 3. The molecule has 0 radical (unpaired) electrons. The van der Waals surface area contributed by atoms with Crippen LogP contribution < -0.4 is 0 Å². The second-order valence-corrected chi connectivity index (χ2v) is 7.77. The normalized spacial score (nSPS) is 13.6. The van der Waals surface area contributed by atoms with Crippen molar-refractivity contribution in [3.05, 3.63) is 71.7 Å². The first-order valence-electron chi connectivity index (χ1n) is 9.64. The van der Waals surface area contributed by atoms with Gasteiger partial charge in [-0.3, -0.25) is 0 Å². The van der Waals surface area contributed by atoms with Gasteiger partial charge in [0.25, 0.3) is 0 Å². The molecule has 0 spiro atoms. The number of furan rings is 5. The molecule has 3 heteroatoms. The number of fused-ring (bicyclic) bond motifs is 6. The smallest absolute Gasteiger partial charge is 0.135 e. The summed E-state index contributed by atoms with van der Waals surface area (Å²) in [6.45, 7) is 2.19. The van der Waals surface area contributed by atoms with Crippen LogP contribution in [0.25, 0.3) is 55.7 Å². The lowest BCUT2D eigenvalue weighted by Crippen LogP contribution is -1.94. The first kappa shape index (κ1) is 14.6. The molecule has 0 amide bonds. The van der Waals surface area contributed by atoms with Crippen LogP contribution in [0.2, 0.25) is 0 Å². The van der Waals surface area contributed by atoms with E-state index in [1.807, 2.05) is 24.3 Å². The second kappa shape index (κ2) is 4.87. The molecule has 1 aliphatic rings. The highest BCUT2D eigenvalue weighted by molar-refractivity contribution is 5.96. The summed E-state index contributed by atoms with van der Waals surface area (Å²) in [4.78, 5) is 0. The Hall–Kier alpha value is -3.46. The van der Waals surface area contributed by atoms with E-state index >= 15 is 0 Å². The fourth-order valence-electron chi connectivity index (χ4n) is 4.70. The number of aryl methyl sites for hydroxylation is 2. The van der Waals surface area contributed by atoms with Crippen LogP contribution >= 0.6 is 0 Å². The van der Waals surface area contributed by atoms with Crippen molar-refractivity contribution in [1.82, 2.24) is 0 Å². The van der Waals surface area contributed by atoms with E-state index in [0.29, 0.717) is 0 Å². The molecule has 5 aromatic heterocycles. The largest absolute Gasteiger partial charge is 0.465 e. The lowest BCUT2D eigenvalue weighted by atomic mass is 9.87. The maximum Gasteiger partial charge on any atom is 0.135 e. The van der Waals surface area contributed by atoms with Crippen LogP contribution in [0.15, 0.2) is 67.8 Å². The molecule has 0 atom stereocenters. The molecule has 3 nitrogen and oxygen atoms in total. The predicted molar refractivity (Wildman–Crippen MR) is 109 cm³/mol. The van der Waals surface area contributed by atoms with Crippen molar-refractivity contribution in [2.45, 2.75) is 19.8 Å². The van der Waals surface area contributed by atoms with Gasteiger partial charge in [0.1, 0.15) is 33.9 Å². The minimum atomic E-state index is 0.916. The van der Waals surface area contributed by atoms with Crippen molar-refractivity contribution >= 4 is 22.3 Å². The van der Waals surface area contributed by atoms with Gasteiger partial charge in [-0.2, -0.15) is 0 Å². The van der Waals surface area contributed by atoms with E-state index in [0.717, 1.165) is 57.8 Å². The fourth-order valence-corrected chi connectivity index (χ4v) is 4.70. The average Bonchev–Trinajstić information content (AvgIpc) is 3.55. The molecule has 0 fully saturated rings. The summed E-state index contributed by atoms with van der Waals surface area (Å²) >= 11 is 0. The molecule has 28 heavy (non-hydrogen) atoms. The Bertz CT molecular complexity index is 1390. The topological polar surface area (TPSA) is 39.4 Å². The molecule has 0 saturated carbocycles. The van der Waals surface area contributed by atoms with Crippen LogP contribution in [0.3, 0.4) is 0 Å². The summed E-state index contributed by atoms with van der Waals surface area (Å²) in [5.74, 6) is 2.18. The molecule has 6 heterocycles. The van der Waals surface area contributed by atoms with E-state index in [2.05, 4.69) is 37.3 Å². The molecule has 134 valence electrons. The Labute approximate surface area is 160 Å². The third-order valence-electron chi connectivity index (χ3n) is 6.12. The van der Waals surface area contributed by atoms with Gasteiger partial charge in [0.05, 0.1) is 0 Å². The average molecular weight is 364 g/mol. The Balaban J connectivity index is 1.54. The Morgan fingerprint density at radius 2 is 1.25 bits per heavy atom. The molecule has 0 saturated heterocycles. The number of rotatable bonds is 3. The van der Waals surface area contributed by atoms with Crippen LogP contribution in [0, 0.1) is 6.92 Å². The van der Waals surface area contributed by atoms with E-state index < -0.39 is 0 Å². The monoisotopic (exact) mass is 364 g/mol. The Morgan fingerprint density at radius 1 is 0.607 bits per heavy atom. The Kier molecular flexibility index (Phi) is 2.54. The van der Waals surface area contributed by atoms with Crippen molar-refractivity contribution in [2.24, 2.45) is 0 Å². The maximum atomic E-state index is 5.92. The minimum absolute atomic E-state index is 0.916. The van der Waals surface area contributed by atoms with Gasteiger partial charge in [-0.1, -0.05) is 0 Å². The minimum Gasteiger partial charge on any atom is -0.465 e. The van der Waals surface area contributed by atoms with Crippen molar-refractivity contribution in [2.75, 3.05) is 0 Å². The van der Waals surface area contributed by atoms with E-state index in [1.54, 1.807) is 0 Å². The molecular formula is C25H16O3. The van der Waals surface area contributed by atoms with Gasteiger partial charge in [-0.05, 0) is 83.8 Å². The Morgan fingerprint density at radius 3 is 1.68 bits per heavy atom. The van der Waals surface area contributed by atoms with Gasteiger partial charge in [0.2, 0.25) is 0 Å². The first-order valence-corrected chi connectivity index (χ1v) is 9.64. The van der Waals surface area contributed by atoms with E-state index in [9.17, 15) is 0 Å². The van der Waals surface area contributed by atoms with Gasteiger partial charge < -0.3 is 13.3 Å². The van der Waals surface area contributed by atoms with Crippen molar-refractivity contribution in [1.29, 1.82) is 0 Å². The van der Waals surface area contributed by atoms with Crippen LogP contribution in [0.1, 0.15) is 17.1 Å². The third kappa shape index (κ3) is 1.83. The number of hydrogen-bond donors (Lipinski definition) is 0. The van der Waals surface area contributed by atoms with Crippen LogP contribution in [0.4, 0.5) is 0 Å². The highest BCUT2D eigenvalue weighted by Gasteiger charge is 2.23. The number of hydrogen-bond acceptors (Lipinski definition) is 3. The van der Waals surface area contributed by atoms with E-state index in [4.69, 9.17) is 13.3 Å². The predicted octanol–water partition coefficient (Wildman–Crippen LogP) is 7.06. The maximum absolute atomic E-state index is 5.92. The van der Waals surface area contributed by atoms with Gasteiger partial charge in [-0.15, -0.1) is 0 Å². The van der Waals surface area contributed by atoms with Crippen molar-refractivity contribution < 1.29 is 13.3 Å². The van der Waals surface area contributed by atoms with Gasteiger partial charge in [0, 0.05) is 29.5 Å². The molecule has 7 rings (SSSR count). The highest BCUT2D eigenvalue weighted by Crippen LogP contribution is 2.44. The zero-order chi connectivity index (χ0) is 18.4. The van der Waals surface area contributed by atoms with Crippen LogP contribution in [0.5, 0.6) is 0 Å². The summed E-state index contributed by atoms with van der Waals surface area (Å²) in [6.07, 6.45) is 2.01.